The zero-order valence-electron chi connectivity index (χ0n) is 11.6. The monoisotopic (exact) mass is 294 g/mol. The van der Waals surface area contributed by atoms with Gasteiger partial charge in [-0.25, -0.2) is 0 Å². The van der Waals surface area contributed by atoms with Crippen molar-refractivity contribution in [1.29, 1.82) is 0 Å². The summed E-state index contributed by atoms with van der Waals surface area (Å²) in [5, 5.41) is 35.3. The zero-order valence-corrected chi connectivity index (χ0v) is 11.6. The van der Waals surface area contributed by atoms with E-state index < -0.39 is 0 Å². The molecule has 110 valence electrons. The van der Waals surface area contributed by atoms with Crippen LogP contribution in [0.15, 0.2) is 48.8 Å². The van der Waals surface area contributed by atoms with Gasteiger partial charge in [0.05, 0.1) is 6.20 Å². The summed E-state index contributed by atoms with van der Waals surface area (Å²) in [4.78, 5) is 0. The third-order valence-corrected chi connectivity index (χ3v) is 3.23. The summed E-state index contributed by atoms with van der Waals surface area (Å²) < 4.78 is 0. The first-order valence-electron chi connectivity index (χ1n) is 6.65. The van der Waals surface area contributed by atoms with Gasteiger partial charge in [-0.3, -0.25) is 5.10 Å². The molecule has 1 heterocycles. The van der Waals surface area contributed by atoms with Crippen molar-refractivity contribution in [1.82, 2.24) is 10.2 Å². The SMILES string of the molecule is Oc1cc(O)cc(C=Cc2ccc(O)cc2-c2cn[nH]c2)c1. The molecule has 0 fully saturated rings. The molecule has 1 aromatic heterocycles. The highest BCUT2D eigenvalue weighted by molar-refractivity contribution is 5.81. The molecule has 0 atom stereocenters. The third-order valence-electron chi connectivity index (χ3n) is 3.23. The Morgan fingerprint density at radius 1 is 0.864 bits per heavy atom. The fraction of sp³-hybridized carbons (Fsp3) is 0. The van der Waals surface area contributed by atoms with Crippen LogP contribution >= 0.6 is 0 Å². The fourth-order valence-corrected chi connectivity index (χ4v) is 2.24. The quantitative estimate of drug-likeness (QED) is 0.558. The van der Waals surface area contributed by atoms with E-state index >= 15 is 0 Å². The molecule has 3 aromatic rings. The molecule has 0 bridgehead atoms. The number of benzene rings is 2. The second kappa shape index (κ2) is 5.65. The Labute approximate surface area is 126 Å². The Balaban J connectivity index is 2.00. The molecular weight excluding hydrogens is 280 g/mol. The lowest BCUT2D eigenvalue weighted by atomic mass is 10.0. The van der Waals surface area contributed by atoms with Crippen LogP contribution in [-0.2, 0) is 0 Å². The fourth-order valence-electron chi connectivity index (χ4n) is 2.24. The van der Waals surface area contributed by atoms with Gasteiger partial charge in [0.2, 0.25) is 0 Å². The van der Waals surface area contributed by atoms with E-state index in [1.807, 2.05) is 6.08 Å². The molecule has 5 nitrogen and oxygen atoms in total. The van der Waals surface area contributed by atoms with Gasteiger partial charge >= 0.3 is 0 Å². The highest BCUT2D eigenvalue weighted by Gasteiger charge is 2.05. The van der Waals surface area contributed by atoms with E-state index in [0.29, 0.717) is 5.56 Å². The van der Waals surface area contributed by atoms with Crippen molar-refractivity contribution in [2.45, 2.75) is 0 Å². The third kappa shape index (κ3) is 2.93. The van der Waals surface area contributed by atoms with Gasteiger partial charge in [0.25, 0.3) is 0 Å². The van der Waals surface area contributed by atoms with Crippen molar-refractivity contribution in [3.8, 4) is 28.4 Å². The van der Waals surface area contributed by atoms with E-state index in [1.54, 1.807) is 48.8 Å². The van der Waals surface area contributed by atoms with Crippen molar-refractivity contribution < 1.29 is 15.3 Å². The topological polar surface area (TPSA) is 89.4 Å². The zero-order chi connectivity index (χ0) is 15.5. The predicted molar refractivity (Wildman–Crippen MR) is 84.4 cm³/mol. The van der Waals surface area contributed by atoms with Crippen LogP contribution < -0.4 is 0 Å². The maximum Gasteiger partial charge on any atom is 0.119 e. The van der Waals surface area contributed by atoms with Crippen molar-refractivity contribution in [2.24, 2.45) is 0 Å². The van der Waals surface area contributed by atoms with Gasteiger partial charge in [0.15, 0.2) is 0 Å². The number of hydrogen-bond acceptors (Lipinski definition) is 4. The van der Waals surface area contributed by atoms with Crippen LogP contribution in [0.2, 0.25) is 0 Å². The highest BCUT2D eigenvalue weighted by atomic mass is 16.3. The number of nitrogens with zero attached hydrogens (tertiary/aromatic N) is 1. The number of phenolic OH excluding ortho intramolecular Hbond substituents is 3. The van der Waals surface area contributed by atoms with Crippen LogP contribution in [0.5, 0.6) is 17.2 Å². The molecule has 0 saturated carbocycles. The number of nitrogens with one attached hydrogen (secondary N) is 1. The van der Waals surface area contributed by atoms with E-state index in [9.17, 15) is 15.3 Å². The standard InChI is InChI=1S/C17H14N2O3/c20-14-4-3-12(17(8-14)13-9-18-19-10-13)2-1-11-5-15(21)7-16(22)6-11/h1-10,20-22H,(H,18,19). The van der Waals surface area contributed by atoms with Crippen LogP contribution in [0, 0.1) is 0 Å². The first kappa shape index (κ1) is 13.8. The molecule has 0 aliphatic heterocycles. The van der Waals surface area contributed by atoms with E-state index in [1.165, 1.54) is 6.07 Å². The molecule has 2 aromatic carbocycles. The smallest absolute Gasteiger partial charge is 0.119 e. The second-order valence-electron chi connectivity index (χ2n) is 4.87. The maximum absolute atomic E-state index is 9.67. The molecule has 3 rings (SSSR count). The number of rotatable bonds is 3. The Morgan fingerprint density at radius 3 is 2.32 bits per heavy atom. The van der Waals surface area contributed by atoms with E-state index in [2.05, 4.69) is 10.2 Å². The van der Waals surface area contributed by atoms with Crippen molar-refractivity contribution in [2.75, 3.05) is 0 Å². The normalized spacial score (nSPS) is 11.1. The number of H-pyrrole nitrogens is 1. The predicted octanol–water partition coefficient (Wildman–Crippen LogP) is 3.36. The molecule has 0 radical (unpaired) electrons. The van der Waals surface area contributed by atoms with Crippen molar-refractivity contribution in [3.63, 3.8) is 0 Å². The summed E-state index contributed by atoms with van der Waals surface area (Å²) in [5.41, 5.74) is 3.23. The van der Waals surface area contributed by atoms with Gasteiger partial charge in [-0.1, -0.05) is 18.2 Å². The lowest BCUT2D eigenvalue weighted by Gasteiger charge is -2.05. The van der Waals surface area contributed by atoms with Crippen LogP contribution in [-0.4, -0.2) is 25.5 Å². The van der Waals surface area contributed by atoms with Gasteiger partial charge in [0, 0.05) is 17.8 Å². The van der Waals surface area contributed by atoms with Gasteiger partial charge in [0.1, 0.15) is 17.2 Å². The summed E-state index contributed by atoms with van der Waals surface area (Å²) in [6.07, 6.45) is 7.03. The second-order valence-corrected chi connectivity index (χ2v) is 4.87. The summed E-state index contributed by atoms with van der Waals surface area (Å²) in [7, 11) is 0. The molecule has 0 spiro atoms. The maximum atomic E-state index is 9.67. The first-order chi connectivity index (χ1) is 10.6. The lowest BCUT2D eigenvalue weighted by molar-refractivity contribution is 0.450. The minimum atomic E-state index is 0.000383. The molecule has 0 saturated heterocycles. The number of aromatic hydroxyl groups is 3. The largest absolute Gasteiger partial charge is 0.508 e. The Morgan fingerprint density at radius 2 is 1.64 bits per heavy atom. The summed E-state index contributed by atoms with van der Waals surface area (Å²) in [6, 6.07) is 9.42. The molecule has 0 aliphatic rings. The lowest BCUT2D eigenvalue weighted by Crippen LogP contribution is -1.82. The van der Waals surface area contributed by atoms with Crippen LogP contribution in [0.3, 0.4) is 0 Å². The van der Waals surface area contributed by atoms with Crippen molar-refractivity contribution in [3.05, 3.63) is 59.9 Å². The molecule has 4 N–H and O–H groups in total. The van der Waals surface area contributed by atoms with Crippen LogP contribution in [0.4, 0.5) is 0 Å². The van der Waals surface area contributed by atoms with Gasteiger partial charge in [-0.05, 0) is 41.0 Å². The summed E-state index contributed by atoms with van der Waals surface area (Å²) >= 11 is 0. The molecule has 0 aliphatic carbocycles. The van der Waals surface area contributed by atoms with Gasteiger partial charge < -0.3 is 15.3 Å². The molecule has 0 amide bonds. The average molecular weight is 294 g/mol. The molecule has 0 unspecified atom stereocenters. The van der Waals surface area contributed by atoms with E-state index in [0.717, 1.165) is 16.7 Å². The Bertz CT molecular complexity index is 804. The minimum absolute atomic E-state index is 0.000383. The number of aromatic amines is 1. The summed E-state index contributed by atoms with van der Waals surface area (Å²) in [5.74, 6) is 0.171. The van der Waals surface area contributed by atoms with E-state index in [-0.39, 0.29) is 17.2 Å². The van der Waals surface area contributed by atoms with Crippen LogP contribution in [0.25, 0.3) is 23.3 Å². The highest BCUT2D eigenvalue weighted by Crippen LogP contribution is 2.29. The minimum Gasteiger partial charge on any atom is -0.508 e. The number of phenols is 3. The van der Waals surface area contributed by atoms with Crippen LogP contribution in [0.1, 0.15) is 11.1 Å². The van der Waals surface area contributed by atoms with Crippen molar-refractivity contribution >= 4 is 12.2 Å². The average Bonchev–Trinajstić information content (AvgIpc) is 2.99. The Kier molecular flexibility index (Phi) is 3.53. The van der Waals surface area contributed by atoms with Gasteiger partial charge in [-0.15, -0.1) is 0 Å². The number of hydrogen-bond donors (Lipinski definition) is 4. The molecule has 22 heavy (non-hydrogen) atoms. The Hall–Kier alpha value is -3.21. The first-order valence-corrected chi connectivity index (χ1v) is 6.65. The van der Waals surface area contributed by atoms with E-state index in [4.69, 9.17) is 0 Å². The molecule has 5 heteroatoms. The summed E-state index contributed by atoms with van der Waals surface area (Å²) in [6.45, 7) is 0. The van der Waals surface area contributed by atoms with Gasteiger partial charge in [-0.2, -0.15) is 5.10 Å². The molecular formula is C17H14N2O3. The number of aromatic nitrogens is 2.